The van der Waals surface area contributed by atoms with Gasteiger partial charge in [-0.2, -0.15) is 0 Å². The van der Waals surface area contributed by atoms with Crippen LogP contribution in [0.2, 0.25) is 0 Å². The number of aliphatic hydroxyl groups is 1. The first-order valence-corrected chi connectivity index (χ1v) is 6.80. The topological polar surface area (TPSA) is 66.6 Å². The quantitative estimate of drug-likeness (QED) is 0.853. The van der Waals surface area contributed by atoms with E-state index in [4.69, 9.17) is 5.11 Å². The highest BCUT2D eigenvalue weighted by atomic mass is 32.1. The number of hydrogen-bond donors (Lipinski definition) is 2. The van der Waals surface area contributed by atoms with Crippen LogP contribution in [0, 0.1) is 6.92 Å². The number of carbonyl (C=O) groups excluding carboxylic acids is 1. The van der Waals surface area contributed by atoms with Crippen molar-refractivity contribution in [2.24, 2.45) is 0 Å². The summed E-state index contributed by atoms with van der Waals surface area (Å²) in [4.78, 5) is 17.1. The second-order valence-corrected chi connectivity index (χ2v) is 5.26. The van der Waals surface area contributed by atoms with Gasteiger partial charge in [0.2, 0.25) is 5.91 Å². The smallest absolute Gasteiger partial charge is 0.226 e. The lowest BCUT2D eigenvalue weighted by Crippen LogP contribution is -2.34. The molecule has 0 saturated carbocycles. The summed E-state index contributed by atoms with van der Waals surface area (Å²) in [6.45, 7) is 3.91. The van der Waals surface area contributed by atoms with Crippen molar-refractivity contribution in [3.05, 3.63) is 23.0 Å². The van der Waals surface area contributed by atoms with E-state index in [1.165, 1.54) is 11.3 Å². The number of aryl methyl sites for hydroxylation is 1. The van der Waals surface area contributed by atoms with Gasteiger partial charge >= 0.3 is 0 Å². The molecule has 2 N–H and O–H groups in total. The van der Waals surface area contributed by atoms with E-state index in [-0.39, 0.29) is 18.6 Å². The van der Waals surface area contributed by atoms with Crippen LogP contribution in [0.3, 0.4) is 0 Å². The van der Waals surface area contributed by atoms with Crippen molar-refractivity contribution in [3.8, 4) is 0 Å². The molecule has 18 heavy (non-hydrogen) atoms. The first-order chi connectivity index (χ1) is 8.60. The van der Waals surface area contributed by atoms with Gasteiger partial charge in [0.15, 0.2) is 4.96 Å². The zero-order chi connectivity index (χ0) is 13.1. The third-order valence-electron chi connectivity index (χ3n) is 2.71. The summed E-state index contributed by atoms with van der Waals surface area (Å²) in [5.41, 5.74) is 1.90. The molecule has 0 spiro atoms. The molecule has 0 aromatic carbocycles. The molecule has 0 radical (unpaired) electrons. The molecule has 0 bridgehead atoms. The van der Waals surface area contributed by atoms with Gasteiger partial charge in [-0.1, -0.05) is 0 Å². The zero-order valence-corrected chi connectivity index (χ0v) is 11.3. The van der Waals surface area contributed by atoms with E-state index in [9.17, 15) is 4.79 Å². The van der Waals surface area contributed by atoms with Gasteiger partial charge in [-0.05, 0) is 20.3 Å². The molecule has 0 saturated heterocycles. The van der Waals surface area contributed by atoms with Crippen molar-refractivity contribution < 1.29 is 9.90 Å². The Hall–Kier alpha value is -1.40. The molecule has 0 aliphatic heterocycles. The van der Waals surface area contributed by atoms with Gasteiger partial charge in [0, 0.05) is 29.9 Å². The summed E-state index contributed by atoms with van der Waals surface area (Å²) in [6.07, 6.45) is 2.85. The Labute approximate surface area is 109 Å². The van der Waals surface area contributed by atoms with Gasteiger partial charge in [-0.15, -0.1) is 11.3 Å². The first kappa shape index (κ1) is 13.0. The fourth-order valence-electron chi connectivity index (χ4n) is 1.83. The molecular weight excluding hydrogens is 250 g/mol. The predicted molar refractivity (Wildman–Crippen MR) is 70.8 cm³/mol. The van der Waals surface area contributed by atoms with E-state index >= 15 is 0 Å². The molecule has 0 aliphatic rings. The number of nitrogens with one attached hydrogen (secondary N) is 1. The average molecular weight is 267 g/mol. The van der Waals surface area contributed by atoms with E-state index < -0.39 is 0 Å². The SMILES string of the molecule is Cc1cn2c(CC(=O)NC(C)CCO)csc2n1. The van der Waals surface area contributed by atoms with Crippen molar-refractivity contribution in [1.29, 1.82) is 0 Å². The monoisotopic (exact) mass is 267 g/mol. The highest BCUT2D eigenvalue weighted by Gasteiger charge is 2.12. The number of aromatic nitrogens is 2. The highest BCUT2D eigenvalue weighted by molar-refractivity contribution is 7.15. The van der Waals surface area contributed by atoms with Gasteiger partial charge in [-0.3, -0.25) is 9.20 Å². The number of amides is 1. The molecule has 98 valence electrons. The average Bonchev–Trinajstić information content (AvgIpc) is 2.79. The lowest BCUT2D eigenvalue weighted by molar-refractivity contribution is -0.121. The van der Waals surface area contributed by atoms with Gasteiger partial charge in [-0.25, -0.2) is 4.98 Å². The van der Waals surface area contributed by atoms with Crippen LogP contribution in [0.1, 0.15) is 24.7 Å². The summed E-state index contributed by atoms with van der Waals surface area (Å²) < 4.78 is 1.95. The highest BCUT2D eigenvalue weighted by Crippen LogP contribution is 2.16. The third-order valence-corrected chi connectivity index (χ3v) is 3.60. The molecule has 2 heterocycles. The summed E-state index contributed by atoms with van der Waals surface area (Å²) in [7, 11) is 0. The number of aliphatic hydroxyl groups excluding tert-OH is 1. The Bertz CT molecular complexity index is 547. The minimum atomic E-state index is -0.0259. The lowest BCUT2D eigenvalue weighted by atomic mass is 10.2. The second-order valence-electron chi connectivity index (χ2n) is 4.42. The molecule has 6 heteroatoms. The van der Waals surface area contributed by atoms with Crippen molar-refractivity contribution in [1.82, 2.24) is 14.7 Å². The normalized spacial score (nSPS) is 12.8. The van der Waals surface area contributed by atoms with E-state index in [1.807, 2.05) is 29.8 Å². The van der Waals surface area contributed by atoms with Crippen LogP contribution < -0.4 is 5.32 Å². The van der Waals surface area contributed by atoms with E-state index in [1.54, 1.807) is 0 Å². The standard InChI is InChI=1S/C12H17N3O2S/c1-8(3-4-16)13-11(17)5-10-7-18-12-14-9(2)6-15(10)12/h6-8,16H,3-5H2,1-2H3,(H,13,17). The van der Waals surface area contributed by atoms with Crippen LogP contribution in [0.25, 0.3) is 4.96 Å². The largest absolute Gasteiger partial charge is 0.396 e. The van der Waals surface area contributed by atoms with Crippen molar-refractivity contribution >= 4 is 22.2 Å². The molecule has 1 amide bonds. The third kappa shape index (κ3) is 2.88. The number of hydrogen-bond acceptors (Lipinski definition) is 4. The molecule has 2 aromatic heterocycles. The Morgan fingerprint density at radius 3 is 3.17 bits per heavy atom. The van der Waals surface area contributed by atoms with Crippen LogP contribution in [0.4, 0.5) is 0 Å². The Morgan fingerprint density at radius 2 is 2.44 bits per heavy atom. The Kier molecular flexibility index (Phi) is 3.98. The summed E-state index contributed by atoms with van der Waals surface area (Å²) in [5, 5.41) is 13.6. The maximum Gasteiger partial charge on any atom is 0.226 e. The van der Waals surface area contributed by atoms with Gasteiger partial charge < -0.3 is 10.4 Å². The van der Waals surface area contributed by atoms with Crippen LogP contribution in [0.5, 0.6) is 0 Å². The number of carbonyl (C=O) groups is 1. The zero-order valence-electron chi connectivity index (χ0n) is 10.5. The van der Waals surface area contributed by atoms with Crippen LogP contribution in [0.15, 0.2) is 11.6 Å². The fourth-order valence-corrected chi connectivity index (χ4v) is 2.74. The van der Waals surface area contributed by atoms with Crippen molar-refractivity contribution in [3.63, 3.8) is 0 Å². The van der Waals surface area contributed by atoms with E-state index in [0.717, 1.165) is 16.3 Å². The second kappa shape index (κ2) is 5.49. The number of fused-ring (bicyclic) bond motifs is 1. The molecule has 0 aliphatic carbocycles. The fraction of sp³-hybridized carbons (Fsp3) is 0.500. The molecule has 2 aromatic rings. The van der Waals surface area contributed by atoms with Crippen LogP contribution in [-0.4, -0.2) is 33.0 Å². The molecule has 1 atom stereocenters. The maximum absolute atomic E-state index is 11.8. The molecular formula is C12H17N3O2S. The summed E-state index contributed by atoms with van der Waals surface area (Å²) in [5.74, 6) is -0.0259. The summed E-state index contributed by atoms with van der Waals surface area (Å²) >= 11 is 1.54. The number of thiazole rings is 1. The van der Waals surface area contributed by atoms with E-state index in [0.29, 0.717) is 12.8 Å². The molecule has 2 rings (SSSR count). The molecule has 0 fully saturated rings. The number of imidazole rings is 1. The molecule has 1 unspecified atom stereocenters. The maximum atomic E-state index is 11.8. The number of rotatable bonds is 5. The minimum Gasteiger partial charge on any atom is -0.396 e. The minimum absolute atomic E-state index is 0.00106. The van der Waals surface area contributed by atoms with Crippen LogP contribution in [-0.2, 0) is 11.2 Å². The van der Waals surface area contributed by atoms with Gasteiger partial charge in [0.05, 0.1) is 12.1 Å². The van der Waals surface area contributed by atoms with Crippen molar-refractivity contribution in [2.75, 3.05) is 6.61 Å². The Morgan fingerprint density at radius 1 is 1.67 bits per heavy atom. The molecule has 5 nitrogen and oxygen atoms in total. The van der Waals surface area contributed by atoms with E-state index in [2.05, 4.69) is 10.3 Å². The van der Waals surface area contributed by atoms with Crippen LogP contribution >= 0.6 is 11.3 Å². The van der Waals surface area contributed by atoms with Gasteiger partial charge in [0.25, 0.3) is 0 Å². The van der Waals surface area contributed by atoms with Gasteiger partial charge in [0.1, 0.15) is 0 Å². The number of nitrogens with zero attached hydrogens (tertiary/aromatic N) is 2. The predicted octanol–water partition coefficient (Wildman–Crippen LogP) is 1.13. The van der Waals surface area contributed by atoms with Crippen molar-refractivity contribution in [2.45, 2.75) is 32.7 Å². The Balaban J connectivity index is 2.02. The lowest BCUT2D eigenvalue weighted by Gasteiger charge is -2.11. The summed E-state index contributed by atoms with van der Waals surface area (Å²) in [6, 6.07) is 0.00106. The first-order valence-electron chi connectivity index (χ1n) is 5.92.